The molecule has 1 aliphatic rings. The van der Waals surface area contributed by atoms with E-state index in [1.165, 1.54) is 5.56 Å². The normalized spacial score (nSPS) is 14.1. The molecule has 0 radical (unpaired) electrons. The summed E-state index contributed by atoms with van der Waals surface area (Å²) in [6.07, 6.45) is 2.81. The number of ether oxygens (including phenoxy) is 3. The molecule has 0 spiro atoms. The first-order valence-electron chi connectivity index (χ1n) is 9.48. The van der Waals surface area contributed by atoms with Gasteiger partial charge in [0.05, 0.1) is 21.3 Å². The van der Waals surface area contributed by atoms with Gasteiger partial charge in [-0.15, -0.1) is 0 Å². The van der Waals surface area contributed by atoms with Gasteiger partial charge in [0.1, 0.15) is 5.75 Å². The number of para-hydroxylation sites is 1. The molecule has 0 atom stereocenters. The summed E-state index contributed by atoms with van der Waals surface area (Å²) >= 11 is 0. The van der Waals surface area contributed by atoms with E-state index in [1.807, 2.05) is 36.4 Å². The third kappa shape index (κ3) is 4.50. The Morgan fingerprint density at radius 3 is 2.32 bits per heavy atom. The molecule has 28 heavy (non-hydrogen) atoms. The van der Waals surface area contributed by atoms with Gasteiger partial charge in [-0.25, -0.2) is 4.79 Å². The van der Waals surface area contributed by atoms with Crippen LogP contribution >= 0.6 is 0 Å². The van der Waals surface area contributed by atoms with Crippen molar-refractivity contribution in [3.63, 3.8) is 0 Å². The van der Waals surface area contributed by atoms with Crippen LogP contribution in [0.4, 0.5) is 4.79 Å². The quantitative estimate of drug-likeness (QED) is 0.696. The number of hydrogen-bond donors (Lipinski definition) is 2. The average Bonchev–Trinajstić information content (AvgIpc) is 3.53. The van der Waals surface area contributed by atoms with Gasteiger partial charge in [0, 0.05) is 18.5 Å². The van der Waals surface area contributed by atoms with E-state index in [0.717, 1.165) is 30.6 Å². The third-order valence-corrected chi connectivity index (χ3v) is 5.31. The molecule has 0 saturated heterocycles. The fraction of sp³-hybridized carbons (Fsp3) is 0.409. The molecule has 0 aromatic heterocycles. The number of benzene rings is 2. The summed E-state index contributed by atoms with van der Waals surface area (Å²) in [5.41, 5.74) is 2.23. The highest BCUT2D eigenvalue weighted by atomic mass is 16.5. The Hall–Kier alpha value is -2.89. The van der Waals surface area contributed by atoms with E-state index in [4.69, 9.17) is 14.2 Å². The molecular weight excluding hydrogens is 356 g/mol. The number of methoxy groups -OCH3 is 3. The van der Waals surface area contributed by atoms with Crippen molar-refractivity contribution >= 4 is 6.03 Å². The van der Waals surface area contributed by atoms with Crippen molar-refractivity contribution in [1.82, 2.24) is 10.6 Å². The van der Waals surface area contributed by atoms with E-state index in [2.05, 4.69) is 16.7 Å². The molecule has 6 nitrogen and oxygen atoms in total. The maximum Gasteiger partial charge on any atom is 0.314 e. The first kappa shape index (κ1) is 19.9. The molecule has 0 aliphatic heterocycles. The van der Waals surface area contributed by atoms with Gasteiger partial charge in [0.2, 0.25) is 0 Å². The molecule has 2 aromatic rings. The molecular formula is C22H28N2O4. The monoisotopic (exact) mass is 384 g/mol. The Morgan fingerprint density at radius 1 is 0.929 bits per heavy atom. The molecule has 0 unspecified atom stereocenters. The smallest absolute Gasteiger partial charge is 0.314 e. The summed E-state index contributed by atoms with van der Waals surface area (Å²) in [5, 5.41) is 5.94. The number of amides is 2. The van der Waals surface area contributed by atoms with Gasteiger partial charge in [-0.1, -0.05) is 24.3 Å². The van der Waals surface area contributed by atoms with Gasteiger partial charge < -0.3 is 24.8 Å². The predicted molar refractivity (Wildman–Crippen MR) is 109 cm³/mol. The highest BCUT2D eigenvalue weighted by Gasteiger charge is 2.44. The minimum absolute atomic E-state index is 0.0143. The number of hydrogen-bond acceptors (Lipinski definition) is 4. The fourth-order valence-corrected chi connectivity index (χ4v) is 3.42. The van der Waals surface area contributed by atoms with Crippen molar-refractivity contribution in [2.24, 2.45) is 0 Å². The average molecular weight is 384 g/mol. The molecule has 0 bridgehead atoms. The van der Waals surface area contributed by atoms with Gasteiger partial charge in [0.15, 0.2) is 11.5 Å². The molecule has 2 aromatic carbocycles. The van der Waals surface area contributed by atoms with Crippen molar-refractivity contribution < 1.29 is 19.0 Å². The zero-order valence-corrected chi connectivity index (χ0v) is 16.7. The van der Waals surface area contributed by atoms with Crippen molar-refractivity contribution in [3.8, 4) is 17.2 Å². The summed E-state index contributed by atoms with van der Waals surface area (Å²) in [4.78, 5) is 12.2. The summed E-state index contributed by atoms with van der Waals surface area (Å²) in [7, 11) is 4.91. The molecule has 6 heteroatoms. The molecule has 150 valence electrons. The Bertz CT molecular complexity index is 818. The van der Waals surface area contributed by atoms with Crippen LogP contribution in [0.25, 0.3) is 0 Å². The standard InChI is InChI=1S/C22H28N2O4/c1-26-18-7-5-4-6-16(18)10-13-23-21(25)24-15-22(11-12-22)17-8-9-19(27-2)20(14-17)28-3/h4-9,14H,10-13,15H2,1-3H3,(H2,23,24,25). The number of urea groups is 1. The summed E-state index contributed by atoms with van der Waals surface area (Å²) in [6.45, 7) is 1.15. The number of carbonyl (C=O) groups excluding carboxylic acids is 1. The molecule has 3 rings (SSSR count). The summed E-state index contributed by atoms with van der Waals surface area (Å²) < 4.78 is 16.1. The molecule has 1 saturated carbocycles. The summed E-state index contributed by atoms with van der Waals surface area (Å²) in [6, 6.07) is 13.7. The number of rotatable bonds is 9. The van der Waals surface area contributed by atoms with Crippen molar-refractivity contribution in [3.05, 3.63) is 53.6 Å². The summed E-state index contributed by atoms with van der Waals surface area (Å²) in [5.74, 6) is 2.27. The molecule has 0 heterocycles. The fourth-order valence-electron chi connectivity index (χ4n) is 3.42. The van der Waals surface area contributed by atoms with Crippen LogP contribution in [0.2, 0.25) is 0 Å². The van der Waals surface area contributed by atoms with Crippen LogP contribution in [0, 0.1) is 0 Å². The SMILES string of the molecule is COc1ccccc1CCNC(=O)NCC1(c2ccc(OC)c(OC)c2)CC1. The lowest BCUT2D eigenvalue weighted by molar-refractivity contribution is 0.240. The predicted octanol–water partition coefficient (Wildman–Crippen LogP) is 3.29. The van der Waals surface area contributed by atoms with Gasteiger partial charge in [-0.3, -0.25) is 0 Å². The molecule has 2 amide bonds. The maximum absolute atomic E-state index is 12.2. The second-order valence-electron chi connectivity index (χ2n) is 7.02. The van der Waals surface area contributed by atoms with Crippen LogP contribution in [0.3, 0.4) is 0 Å². The Balaban J connectivity index is 1.50. The lowest BCUT2D eigenvalue weighted by Crippen LogP contribution is -2.40. The van der Waals surface area contributed by atoms with E-state index < -0.39 is 0 Å². The first-order valence-corrected chi connectivity index (χ1v) is 9.48. The van der Waals surface area contributed by atoms with Crippen molar-refractivity contribution in [2.75, 3.05) is 34.4 Å². The van der Waals surface area contributed by atoms with Gasteiger partial charge in [0.25, 0.3) is 0 Å². The highest BCUT2D eigenvalue weighted by Crippen LogP contribution is 2.49. The molecule has 1 fully saturated rings. The minimum atomic E-state index is -0.151. The second-order valence-corrected chi connectivity index (χ2v) is 7.02. The maximum atomic E-state index is 12.2. The van der Waals surface area contributed by atoms with Crippen LogP contribution in [-0.4, -0.2) is 40.5 Å². The van der Waals surface area contributed by atoms with Crippen LogP contribution in [0.15, 0.2) is 42.5 Å². The van der Waals surface area contributed by atoms with Crippen molar-refractivity contribution in [2.45, 2.75) is 24.7 Å². The van der Waals surface area contributed by atoms with Crippen LogP contribution < -0.4 is 24.8 Å². The molecule has 2 N–H and O–H groups in total. The van der Waals surface area contributed by atoms with Crippen LogP contribution in [-0.2, 0) is 11.8 Å². The van der Waals surface area contributed by atoms with Gasteiger partial charge in [-0.2, -0.15) is 0 Å². The van der Waals surface area contributed by atoms with E-state index in [9.17, 15) is 4.79 Å². The zero-order valence-electron chi connectivity index (χ0n) is 16.7. The van der Waals surface area contributed by atoms with Gasteiger partial charge >= 0.3 is 6.03 Å². The number of carbonyl (C=O) groups is 1. The van der Waals surface area contributed by atoms with Crippen LogP contribution in [0.5, 0.6) is 17.2 Å². The van der Waals surface area contributed by atoms with Crippen LogP contribution in [0.1, 0.15) is 24.0 Å². The topological polar surface area (TPSA) is 68.8 Å². The van der Waals surface area contributed by atoms with E-state index >= 15 is 0 Å². The van der Waals surface area contributed by atoms with E-state index in [-0.39, 0.29) is 11.4 Å². The largest absolute Gasteiger partial charge is 0.496 e. The Labute approximate surface area is 166 Å². The minimum Gasteiger partial charge on any atom is -0.496 e. The Kier molecular flexibility index (Phi) is 6.29. The molecule has 1 aliphatic carbocycles. The Morgan fingerprint density at radius 2 is 1.64 bits per heavy atom. The highest BCUT2D eigenvalue weighted by molar-refractivity contribution is 5.74. The number of nitrogens with one attached hydrogen (secondary N) is 2. The zero-order chi connectivity index (χ0) is 20.0. The van der Waals surface area contributed by atoms with E-state index in [0.29, 0.717) is 24.6 Å². The third-order valence-electron chi connectivity index (χ3n) is 5.31. The lowest BCUT2D eigenvalue weighted by Gasteiger charge is -2.19. The van der Waals surface area contributed by atoms with Crippen molar-refractivity contribution in [1.29, 1.82) is 0 Å². The van der Waals surface area contributed by atoms with E-state index in [1.54, 1.807) is 21.3 Å². The van der Waals surface area contributed by atoms with Gasteiger partial charge in [-0.05, 0) is 48.6 Å². The lowest BCUT2D eigenvalue weighted by atomic mass is 9.95. The second kappa shape index (κ2) is 8.87. The first-order chi connectivity index (χ1) is 13.6.